The first-order valence-electron chi connectivity index (χ1n) is 14.4. The van der Waals surface area contributed by atoms with E-state index in [0.29, 0.717) is 22.2 Å². The van der Waals surface area contributed by atoms with Crippen molar-refractivity contribution in [1.82, 2.24) is 19.7 Å². The standard InChI is InChI=1S/C33H26F4N6O5S/c1-17-6-8-20(9-7-17)49(45,46)42-25-13-24-19(12-28(25)47-16-29(36)37)11-26(41-24)31(44)21-14-40-43(33(21)38)27-15-39-30(10-18(27)2)48-32-22(34)4-3-5-23(32)35/h3-15,29,41-42H,16,38H2,1-2H3. The van der Waals surface area contributed by atoms with E-state index in [1.807, 2.05) is 0 Å². The van der Waals surface area contributed by atoms with Gasteiger partial charge >= 0.3 is 0 Å². The maximum absolute atomic E-state index is 14.0. The highest BCUT2D eigenvalue weighted by Gasteiger charge is 2.23. The number of para-hydroxylation sites is 1. The molecule has 0 fully saturated rings. The minimum Gasteiger partial charge on any atom is -0.485 e. The Hall–Kier alpha value is -5.90. The number of ketones is 1. The zero-order chi connectivity index (χ0) is 35.0. The lowest BCUT2D eigenvalue weighted by molar-refractivity contribution is 0.0823. The number of pyridine rings is 1. The molecule has 0 saturated heterocycles. The molecule has 3 aromatic carbocycles. The van der Waals surface area contributed by atoms with Crippen molar-refractivity contribution in [3.8, 4) is 23.1 Å². The molecule has 0 atom stereocenters. The Morgan fingerprint density at radius 1 is 1.02 bits per heavy atom. The first-order chi connectivity index (χ1) is 23.3. The fourth-order valence-corrected chi connectivity index (χ4v) is 5.97. The van der Waals surface area contributed by atoms with Crippen LogP contribution >= 0.6 is 0 Å². The van der Waals surface area contributed by atoms with Crippen LogP contribution in [0.25, 0.3) is 16.6 Å². The summed E-state index contributed by atoms with van der Waals surface area (Å²) < 4.78 is 94.6. The number of H-pyrrole nitrogens is 1. The molecule has 11 nitrogen and oxygen atoms in total. The first kappa shape index (κ1) is 33.0. The van der Waals surface area contributed by atoms with E-state index in [1.165, 1.54) is 59.5 Å². The highest BCUT2D eigenvalue weighted by Crippen LogP contribution is 2.34. The number of halogens is 4. The average molecular weight is 695 g/mol. The molecule has 0 amide bonds. The monoisotopic (exact) mass is 694 g/mol. The van der Waals surface area contributed by atoms with E-state index in [2.05, 4.69) is 19.8 Å². The number of alkyl halides is 2. The van der Waals surface area contributed by atoms with Gasteiger partial charge in [0.05, 0.1) is 39.9 Å². The number of carbonyl (C=O) groups is 1. The maximum Gasteiger partial charge on any atom is 0.272 e. The van der Waals surface area contributed by atoms with Crippen LogP contribution in [0.4, 0.5) is 29.1 Å². The first-order valence-corrected chi connectivity index (χ1v) is 15.9. The van der Waals surface area contributed by atoms with Crippen LogP contribution in [0.2, 0.25) is 0 Å². The summed E-state index contributed by atoms with van der Waals surface area (Å²) in [6.07, 6.45) is -0.290. The maximum atomic E-state index is 14.0. The minimum absolute atomic E-state index is 0.00539. The molecule has 49 heavy (non-hydrogen) atoms. The second kappa shape index (κ2) is 13.0. The summed E-state index contributed by atoms with van der Waals surface area (Å²) >= 11 is 0. The largest absolute Gasteiger partial charge is 0.485 e. The summed E-state index contributed by atoms with van der Waals surface area (Å²) in [5.41, 5.74) is 8.20. The van der Waals surface area contributed by atoms with Gasteiger partial charge in [-0.1, -0.05) is 23.8 Å². The van der Waals surface area contributed by atoms with Gasteiger partial charge < -0.3 is 20.2 Å². The summed E-state index contributed by atoms with van der Waals surface area (Å²) in [5, 5.41) is 4.58. The predicted octanol–water partition coefficient (Wildman–Crippen LogP) is 6.69. The van der Waals surface area contributed by atoms with Crippen LogP contribution in [-0.2, 0) is 10.0 Å². The molecule has 4 N–H and O–H groups in total. The van der Waals surface area contributed by atoms with Crippen molar-refractivity contribution in [1.29, 1.82) is 0 Å². The number of aromatic nitrogens is 4. The molecule has 0 aliphatic carbocycles. The number of nitrogens with zero attached hydrogens (tertiary/aromatic N) is 3. The fraction of sp³-hybridized carbons (Fsp3) is 0.121. The molecule has 6 aromatic rings. The van der Waals surface area contributed by atoms with Gasteiger partial charge in [0.15, 0.2) is 11.6 Å². The second-order valence-electron chi connectivity index (χ2n) is 10.9. The number of nitrogens with two attached hydrogens (primary N) is 1. The number of benzene rings is 3. The molecule has 0 spiro atoms. The van der Waals surface area contributed by atoms with Gasteiger partial charge in [0.2, 0.25) is 17.4 Å². The molecule has 0 aliphatic rings. The van der Waals surface area contributed by atoms with Gasteiger partial charge in [-0.05, 0) is 61.9 Å². The highest BCUT2D eigenvalue weighted by atomic mass is 32.2. The van der Waals surface area contributed by atoms with Crippen LogP contribution in [0.1, 0.15) is 27.2 Å². The number of hydrogen-bond donors (Lipinski definition) is 3. The van der Waals surface area contributed by atoms with Gasteiger partial charge in [0.25, 0.3) is 16.4 Å². The third-order valence-corrected chi connectivity index (χ3v) is 8.75. The van der Waals surface area contributed by atoms with Gasteiger partial charge in [-0.2, -0.15) is 5.10 Å². The van der Waals surface area contributed by atoms with Crippen LogP contribution in [0.15, 0.2) is 84.0 Å². The minimum atomic E-state index is -4.14. The average Bonchev–Trinajstić information content (AvgIpc) is 3.64. The zero-order valence-corrected chi connectivity index (χ0v) is 26.5. The van der Waals surface area contributed by atoms with Crippen molar-refractivity contribution in [2.75, 3.05) is 17.1 Å². The smallest absolute Gasteiger partial charge is 0.272 e. The summed E-state index contributed by atoms with van der Waals surface area (Å²) in [4.78, 5) is 20.6. The molecule has 0 bridgehead atoms. The van der Waals surface area contributed by atoms with Crippen molar-refractivity contribution >= 4 is 38.2 Å². The number of anilines is 2. The van der Waals surface area contributed by atoms with Gasteiger partial charge in [-0.25, -0.2) is 35.6 Å². The number of nitrogens with one attached hydrogen (secondary N) is 2. The fourth-order valence-electron chi connectivity index (χ4n) is 4.91. The summed E-state index contributed by atoms with van der Waals surface area (Å²) in [7, 11) is -4.14. The molecule has 3 aromatic heterocycles. The van der Waals surface area contributed by atoms with Gasteiger partial charge in [0, 0.05) is 17.0 Å². The number of aromatic amines is 1. The Labute approximate surface area is 276 Å². The molecule has 0 unspecified atom stereocenters. The van der Waals surface area contributed by atoms with Crippen molar-refractivity contribution < 1.29 is 40.2 Å². The van der Waals surface area contributed by atoms with E-state index in [9.17, 15) is 30.8 Å². The molecule has 0 radical (unpaired) electrons. The Kier molecular flexibility index (Phi) is 8.73. The van der Waals surface area contributed by atoms with E-state index in [-0.39, 0.29) is 39.3 Å². The lowest BCUT2D eigenvalue weighted by Crippen LogP contribution is -2.15. The number of nitrogen functional groups attached to an aromatic ring is 1. The topological polar surface area (TPSA) is 154 Å². The molecule has 0 aliphatic heterocycles. The third-order valence-electron chi connectivity index (χ3n) is 7.37. The van der Waals surface area contributed by atoms with E-state index in [1.54, 1.807) is 26.0 Å². The van der Waals surface area contributed by atoms with Crippen molar-refractivity contribution in [3.05, 3.63) is 113 Å². The highest BCUT2D eigenvalue weighted by molar-refractivity contribution is 7.92. The molecule has 252 valence electrons. The number of carbonyl (C=O) groups excluding carboxylic acids is 1. The van der Waals surface area contributed by atoms with E-state index in [4.69, 9.17) is 15.2 Å². The van der Waals surface area contributed by atoms with Crippen molar-refractivity contribution in [3.63, 3.8) is 0 Å². The van der Waals surface area contributed by atoms with Gasteiger partial charge in [-0.15, -0.1) is 0 Å². The Morgan fingerprint density at radius 3 is 2.41 bits per heavy atom. The zero-order valence-electron chi connectivity index (χ0n) is 25.7. The number of aryl methyl sites for hydroxylation is 2. The SMILES string of the molecule is Cc1ccc(S(=O)(=O)Nc2cc3[nH]c(C(=O)c4cnn(-c5cnc(Oc6c(F)cccc6F)cc5C)c4N)cc3cc2OCC(F)F)cc1. The number of sulfonamides is 1. The summed E-state index contributed by atoms with van der Waals surface area (Å²) in [6.45, 7) is 2.45. The Bertz CT molecular complexity index is 2300. The molecular formula is C33H26F4N6O5S. The van der Waals surface area contributed by atoms with Crippen LogP contribution in [0.5, 0.6) is 17.4 Å². The molecule has 0 saturated carbocycles. The molecule has 16 heteroatoms. The van der Waals surface area contributed by atoms with Crippen molar-refractivity contribution in [2.45, 2.75) is 25.2 Å². The third kappa shape index (κ3) is 6.76. The summed E-state index contributed by atoms with van der Waals surface area (Å²) in [5.74, 6) is -3.35. The van der Waals surface area contributed by atoms with Crippen molar-refractivity contribution in [2.24, 2.45) is 0 Å². The van der Waals surface area contributed by atoms with Gasteiger partial charge in [-0.3, -0.25) is 9.52 Å². The number of rotatable bonds is 11. The quantitative estimate of drug-likeness (QED) is 0.100. The van der Waals surface area contributed by atoms with E-state index >= 15 is 0 Å². The molecular weight excluding hydrogens is 668 g/mol. The number of ether oxygens (including phenoxy) is 2. The van der Waals surface area contributed by atoms with E-state index < -0.39 is 46.2 Å². The van der Waals surface area contributed by atoms with Crippen LogP contribution < -0.4 is 19.9 Å². The Balaban J connectivity index is 1.29. The summed E-state index contributed by atoms with van der Waals surface area (Å²) in [6, 6.07) is 14.8. The second-order valence-corrected chi connectivity index (χ2v) is 12.6. The molecule has 6 rings (SSSR count). The number of fused-ring (bicyclic) bond motifs is 1. The van der Waals surface area contributed by atoms with Crippen LogP contribution in [0.3, 0.4) is 0 Å². The number of hydrogen-bond acceptors (Lipinski definition) is 8. The normalized spacial score (nSPS) is 11.7. The lowest BCUT2D eigenvalue weighted by atomic mass is 10.1. The van der Waals surface area contributed by atoms with Crippen LogP contribution in [-0.4, -0.2) is 47.0 Å². The van der Waals surface area contributed by atoms with Gasteiger partial charge in [0.1, 0.15) is 18.2 Å². The molecule has 3 heterocycles. The lowest BCUT2D eigenvalue weighted by Gasteiger charge is -2.14. The van der Waals surface area contributed by atoms with Crippen LogP contribution in [0, 0.1) is 25.5 Å². The van der Waals surface area contributed by atoms with E-state index in [0.717, 1.165) is 17.7 Å². The Morgan fingerprint density at radius 2 is 1.73 bits per heavy atom. The predicted molar refractivity (Wildman–Crippen MR) is 172 cm³/mol.